The van der Waals surface area contributed by atoms with Gasteiger partial charge in [-0.05, 0) is 78.9 Å². The summed E-state index contributed by atoms with van der Waals surface area (Å²) < 4.78 is 0. The molecule has 1 aliphatic rings. The van der Waals surface area contributed by atoms with Gasteiger partial charge >= 0.3 is 0 Å². The van der Waals surface area contributed by atoms with Gasteiger partial charge in [0.1, 0.15) is 0 Å². The van der Waals surface area contributed by atoms with E-state index >= 15 is 0 Å². The molecule has 0 spiro atoms. The van der Waals surface area contributed by atoms with Crippen molar-refractivity contribution < 1.29 is 9.59 Å². The van der Waals surface area contributed by atoms with E-state index in [0.717, 1.165) is 47.1 Å². The van der Waals surface area contributed by atoms with Gasteiger partial charge in [0.25, 0.3) is 5.91 Å². The van der Waals surface area contributed by atoms with Crippen molar-refractivity contribution in [3.05, 3.63) is 82.3 Å². The van der Waals surface area contributed by atoms with Crippen LogP contribution in [0.4, 0.5) is 11.4 Å². The van der Waals surface area contributed by atoms with Crippen molar-refractivity contribution in [2.75, 3.05) is 10.6 Å². The summed E-state index contributed by atoms with van der Waals surface area (Å²) in [5.41, 5.74) is 4.86. The minimum Gasteiger partial charge on any atom is -0.355 e. The SMILES string of the molecule is CC1CCCCC1C(=O)Nc1ccc2[nH]c(-c3ccc(NC(=O)c4ccc(Cl)c(Cl)c4)cc3)cc2c1. The number of rotatable bonds is 5. The van der Waals surface area contributed by atoms with Crippen LogP contribution < -0.4 is 10.6 Å². The molecular weight excluding hydrogens is 493 g/mol. The second kappa shape index (κ2) is 10.4. The van der Waals surface area contributed by atoms with Crippen molar-refractivity contribution in [3.8, 4) is 11.3 Å². The largest absolute Gasteiger partial charge is 0.355 e. The maximum Gasteiger partial charge on any atom is 0.255 e. The topological polar surface area (TPSA) is 74.0 Å². The Morgan fingerprint density at radius 1 is 0.833 bits per heavy atom. The lowest BCUT2D eigenvalue weighted by molar-refractivity contribution is -0.122. The van der Waals surface area contributed by atoms with Crippen LogP contribution in [0.2, 0.25) is 10.0 Å². The Labute approximate surface area is 220 Å². The van der Waals surface area contributed by atoms with Crippen LogP contribution in [-0.4, -0.2) is 16.8 Å². The summed E-state index contributed by atoms with van der Waals surface area (Å²) >= 11 is 12.0. The van der Waals surface area contributed by atoms with E-state index in [1.165, 1.54) is 6.42 Å². The normalized spacial score (nSPS) is 17.6. The number of H-pyrrole nitrogens is 1. The summed E-state index contributed by atoms with van der Waals surface area (Å²) in [5.74, 6) is 0.380. The summed E-state index contributed by atoms with van der Waals surface area (Å²) in [6.45, 7) is 2.18. The smallest absolute Gasteiger partial charge is 0.255 e. The molecule has 2 amide bonds. The summed E-state index contributed by atoms with van der Waals surface area (Å²) in [5, 5.41) is 7.76. The van der Waals surface area contributed by atoms with Crippen LogP contribution in [0, 0.1) is 11.8 Å². The van der Waals surface area contributed by atoms with E-state index in [-0.39, 0.29) is 17.7 Å². The molecule has 1 aromatic heterocycles. The van der Waals surface area contributed by atoms with Gasteiger partial charge in [-0.1, -0.05) is 55.1 Å². The molecule has 184 valence electrons. The highest BCUT2D eigenvalue weighted by Crippen LogP contribution is 2.32. The van der Waals surface area contributed by atoms with Crippen LogP contribution in [0.3, 0.4) is 0 Å². The lowest BCUT2D eigenvalue weighted by Gasteiger charge is -2.27. The van der Waals surface area contributed by atoms with Gasteiger partial charge in [-0.3, -0.25) is 9.59 Å². The number of aromatic nitrogens is 1. The summed E-state index contributed by atoms with van der Waals surface area (Å²) in [6, 6.07) is 20.4. The fourth-order valence-electron chi connectivity index (χ4n) is 4.88. The monoisotopic (exact) mass is 519 g/mol. The van der Waals surface area contributed by atoms with Gasteiger partial charge < -0.3 is 15.6 Å². The molecule has 5 nitrogen and oxygen atoms in total. The van der Waals surface area contributed by atoms with Crippen molar-refractivity contribution in [2.24, 2.45) is 11.8 Å². The fourth-order valence-corrected chi connectivity index (χ4v) is 5.18. The van der Waals surface area contributed by atoms with Gasteiger partial charge in [0.05, 0.1) is 10.0 Å². The first kappa shape index (κ1) is 24.4. The highest BCUT2D eigenvalue weighted by atomic mass is 35.5. The summed E-state index contributed by atoms with van der Waals surface area (Å²) in [7, 11) is 0. The number of carbonyl (C=O) groups is 2. The Morgan fingerprint density at radius 2 is 1.58 bits per heavy atom. The number of nitrogens with one attached hydrogen (secondary N) is 3. The molecule has 0 bridgehead atoms. The molecule has 2 atom stereocenters. The van der Waals surface area contributed by atoms with Gasteiger partial charge in [0.15, 0.2) is 0 Å². The van der Waals surface area contributed by atoms with Gasteiger partial charge in [0.2, 0.25) is 5.91 Å². The number of benzene rings is 3. The highest BCUT2D eigenvalue weighted by molar-refractivity contribution is 6.42. The molecule has 1 saturated carbocycles. The van der Waals surface area contributed by atoms with Gasteiger partial charge in [-0.2, -0.15) is 0 Å². The van der Waals surface area contributed by atoms with Crippen molar-refractivity contribution in [1.82, 2.24) is 4.98 Å². The molecule has 1 aliphatic carbocycles. The molecule has 0 aliphatic heterocycles. The maximum absolute atomic E-state index is 12.8. The maximum atomic E-state index is 12.8. The Balaban J connectivity index is 1.28. The van der Waals surface area contributed by atoms with E-state index in [1.807, 2.05) is 42.5 Å². The molecule has 2 unspecified atom stereocenters. The number of amides is 2. The Bertz CT molecular complexity index is 1430. The molecule has 0 saturated heterocycles. The highest BCUT2D eigenvalue weighted by Gasteiger charge is 2.27. The summed E-state index contributed by atoms with van der Waals surface area (Å²) in [6.07, 6.45) is 4.43. The zero-order valence-electron chi connectivity index (χ0n) is 19.9. The average molecular weight is 520 g/mol. The van der Waals surface area contributed by atoms with Crippen LogP contribution in [-0.2, 0) is 4.79 Å². The number of carbonyl (C=O) groups excluding carboxylic acids is 2. The first-order valence-electron chi connectivity index (χ1n) is 12.2. The van der Waals surface area contributed by atoms with Crippen molar-refractivity contribution in [2.45, 2.75) is 32.6 Å². The molecule has 7 heteroatoms. The number of halogens is 2. The number of hydrogen-bond donors (Lipinski definition) is 3. The van der Waals surface area contributed by atoms with Gasteiger partial charge in [-0.25, -0.2) is 0 Å². The van der Waals surface area contributed by atoms with E-state index in [2.05, 4.69) is 28.6 Å². The number of aromatic amines is 1. The zero-order chi connectivity index (χ0) is 25.2. The van der Waals surface area contributed by atoms with Crippen molar-refractivity contribution in [3.63, 3.8) is 0 Å². The molecule has 3 N–H and O–H groups in total. The third-order valence-corrected chi connectivity index (χ3v) is 7.71. The average Bonchev–Trinajstić information content (AvgIpc) is 3.30. The minimum atomic E-state index is -0.260. The molecule has 36 heavy (non-hydrogen) atoms. The van der Waals surface area contributed by atoms with Gasteiger partial charge in [-0.15, -0.1) is 0 Å². The number of hydrogen-bond acceptors (Lipinski definition) is 2. The van der Waals surface area contributed by atoms with Crippen LogP contribution in [0.5, 0.6) is 0 Å². The molecule has 4 aromatic rings. The fraction of sp³-hybridized carbons (Fsp3) is 0.241. The van der Waals surface area contributed by atoms with Crippen molar-refractivity contribution >= 4 is 57.3 Å². The standard InChI is InChI=1S/C29H27Cl2N3O2/c1-17-4-2-3-5-23(17)29(36)33-22-11-13-26-20(14-22)16-27(34-26)18-6-9-21(10-7-18)32-28(35)19-8-12-24(30)25(31)15-19/h6-17,23,34H,2-5H2,1H3,(H,32,35)(H,33,36). The first-order valence-corrected chi connectivity index (χ1v) is 12.9. The molecule has 1 heterocycles. The Morgan fingerprint density at radius 3 is 2.33 bits per heavy atom. The van der Waals surface area contributed by atoms with Crippen LogP contribution in [0.25, 0.3) is 22.2 Å². The molecule has 3 aromatic carbocycles. The van der Waals surface area contributed by atoms with Crippen molar-refractivity contribution in [1.29, 1.82) is 0 Å². The van der Waals surface area contributed by atoms with E-state index < -0.39 is 0 Å². The van der Waals surface area contributed by atoms with E-state index in [4.69, 9.17) is 23.2 Å². The van der Waals surface area contributed by atoms with Crippen LogP contribution >= 0.6 is 23.2 Å². The molecule has 1 fully saturated rings. The second-order valence-corrected chi connectivity index (χ2v) is 10.3. The lowest BCUT2D eigenvalue weighted by Crippen LogP contribution is -2.30. The molecule has 5 rings (SSSR count). The van der Waals surface area contributed by atoms with E-state index in [9.17, 15) is 9.59 Å². The summed E-state index contributed by atoms with van der Waals surface area (Å²) in [4.78, 5) is 28.8. The number of fused-ring (bicyclic) bond motifs is 1. The van der Waals surface area contributed by atoms with E-state index in [0.29, 0.717) is 27.2 Å². The minimum absolute atomic E-state index is 0.0897. The van der Waals surface area contributed by atoms with Crippen LogP contribution in [0.1, 0.15) is 43.0 Å². The lowest BCUT2D eigenvalue weighted by atomic mass is 9.80. The number of anilines is 2. The molecular formula is C29H27Cl2N3O2. The third kappa shape index (κ3) is 5.28. The van der Waals surface area contributed by atoms with E-state index in [1.54, 1.807) is 18.2 Å². The predicted molar refractivity (Wildman–Crippen MR) is 148 cm³/mol. The van der Waals surface area contributed by atoms with Crippen LogP contribution in [0.15, 0.2) is 66.7 Å². The quantitative estimate of drug-likeness (QED) is 0.248. The molecule has 0 radical (unpaired) electrons. The second-order valence-electron chi connectivity index (χ2n) is 9.50. The first-order chi connectivity index (χ1) is 17.4. The predicted octanol–water partition coefficient (Wildman–Crippen LogP) is 8.16. The van der Waals surface area contributed by atoms with Gasteiger partial charge in [0, 0.05) is 39.5 Å². The zero-order valence-corrected chi connectivity index (χ0v) is 21.4. The Hall–Kier alpha value is -3.28. The Kier molecular flexibility index (Phi) is 7.04. The third-order valence-electron chi connectivity index (χ3n) is 6.97.